The van der Waals surface area contributed by atoms with E-state index in [1.54, 1.807) is 19.1 Å². The van der Waals surface area contributed by atoms with Crippen molar-refractivity contribution in [2.45, 2.75) is 29.9 Å². The standard InChI is InChI=1S/C19H17BrN2O5/c1-9-14(20)16(23)15(19(26)27-2)22-18(25)13-8-11-6-4-3-5-10(11)7-12(13)17(24)21(9)22/h3-9,14-16,23H,1-2H3/t9-,14+,15-,16-/m0/s1. The molecule has 4 rings (SSSR count). The molecule has 0 fully saturated rings. The van der Waals surface area contributed by atoms with E-state index in [1.165, 1.54) is 11.8 Å². The van der Waals surface area contributed by atoms with E-state index in [-0.39, 0.29) is 10.8 Å². The van der Waals surface area contributed by atoms with Gasteiger partial charge in [0.1, 0.15) is 6.10 Å². The summed E-state index contributed by atoms with van der Waals surface area (Å²) in [5, 5.41) is 12.7. The highest BCUT2D eigenvalue weighted by Crippen LogP contribution is 2.33. The maximum absolute atomic E-state index is 13.3. The molecule has 2 aromatic carbocycles. The van der Waals surface area contributed by atoms with Crippen molar-refractivity contribution in [2.24, 2.45) is 0 Å². The number of methoxy groups -OCH3 is 1. The molecule has 140 valence electrons. The molecule has 0 spiro atoms. The Bertz CT molecular complexity index is 1200. The quantitative estimate of drug-likeness (QED) is 0.359. The third kappa shape index (κ3) is 2.47. The Morgan fingerprint density at radius 2 is 1.59 bits per heavy atom. The number of rotatable bonds is 1. The van der Waals surface area contributed by atoms with Crippen LogP contribution >= 0.6 is 15.9 Å². The topological polar surface area (TPSA) is 90.5 Å². The molecule has 3 aromatic rings. The summed E-state index contributed by atoms with van der Waals surface area (Å²) in [4.78, 5) is 38.2. The van der Waals surface area contributed by atoms with Crippen molar-refractivity contribution in [3.05, 3.63) is 57.1 Å². The number of hydrogen-bond donors (Lipinski definition) is 1. The van der Waals surface area contributed by atoms with Crippen LogP contribution in [-0.4, -0.2) is 38.5 Å². The van der Waals surface area contributed by atoms with Gasteiger partial charge in [-0.15, -0.1) is 0 Å². The largest absolute Gasteiger partial charge is 0.467 e. The van der Waals surface area contributed by atoms with Crippen molar-refractivity contribution in [2.75, 3.05) is 7.11 Å². The number of fused-ring (bicyclic) bond motifs is 3. The van der Waals surface area contributed by atoms with Crippen LogP contribution in [0, 0.1) is 0 Å². The van der Waals surface area contributed by atoms with Crippen LogP contribution < -0.4 is 11.1 Å². The van der Waals surface area contributed by atoms with E-state index >= 15 is 0 Å². The first-order valence-corrected chi connectivity index (χ1v) is 9.38. The number of nitrogens with zero attached hydrogens (tertiary/aromatic N) is 2. The van der Waals surface area contributed by atoms with Gasteiger partial charge in [0.25, 0.3) is 11.1 Å². The molecular formula is C19H17BrN2O5. The van der Waals surface area contributed by atoms with E-state index in [0.717, 1.165) is 15.5 Å². The zero-order valence-electron chi connectivity index (χ0n) is 14.6. The van der Waals surface area contributed by atoms with Crippen molar-refractivity contribution < 1.29 is 14.6 Å². The van der Waals surface area contributed by atoms with Crippen molar-refractivity contribution in [3.63, 3.8) is 0 Å². The normalized spacial score (nSPS) is 24.7. The Labute approximate surface area is 161 Å². The maximum Gasteiger partial charge on any atom is 0.333 e. The van der Waals surface area contributed by atoms with Crippen molar-refractivity contribution in [1.29, 1.82) is 0 Å². The zero-order chi connectivity index (χ0) is 19.5. The molecule has 0 saturated heterocycles. The SMILES string of the molecule is COC(=O)[C@@H]1[C@@H](O)[C@H](Br)[C@H](C)n2c(=O)c3cc4ccccc4cc3c(=O)n21. The van der Waals surface area contributed by atoms with Gasteiger partial charge in [-0.3, -0.25) is 9.59 Å². The summed E-state index contributed by atoms with van der Waals surface area (Å²) >= 11 is 3.36. The lowest BCUT2D eigenvalue weighted by molar-refractivity contribution is -0.151. The molecule has 0 saturated carbocycles. The maximum atomic E-state index is 13.3. The van der Waals surface area contributed by atoms with Gasteiger partial charge in [-0.2, -0.15) is 0 Å². The zero-order valence-corrected chi connectivity index (χ0v) is 16.2. The van der Waals surface area contributed by atoms with Gasteiger partial charge in [0.05, 0.1) is 28.8 Å². The summed E-state index contributed by atoms with van der Waals surface area (Å²) in [5.41, 5.74) is -0.913. The minimum absolute atomic E-state index is 0.205. The average Bonchev–Trinajstić information content (AvgIpc) is 2.68. The van der Waals surface area contributed by atoms with Crippen LogP contribution in [0.15, 0.2) is 46.0 Å². The van der Waals surface area contributed by atoms with E-state index in [9.17, 15) is 19.5 Å². The fraction of sp³-hybridized carbons (Fsp3) is 0.316. The number of aliphatic hydroxyl groups excluding tert-OH is 1. The number of esters is 1. The van der Waals surface area contributed by atoms with E-state index < -0.39 is 40.1 Å². The predicted molar refractivity (Wildman–Crippen MR) is 104 cm³/mol. The highest BCUT2D eigenvalue weighted by atomic mass is 79.9. The second kappa shape index (κ2) is 6.31. The van der Waals surface area contributed by atoms with Crippen LogP contribution in [0.25, 0.3) is 21.5 Å². The predicted octanol–water partition coefficient (Wildman–Crippen LogP) is 1.73. The second-order valence-electron chi connectivity index (χ2n) is 6.69. The molecule has 7 nitrogen and oxygen atoms in total. The fourth-order valence-corrected chi connectivity index (χ4v) is 4.29. The molecule has 1 aliphatic rings. The molecule has 4 atom stereocenters. The summed E-state index contributed by atoms with van der Waals surface area (Å²) in [6.07, 6.45) is -1.22. The number of aromatic nitrogens is 2. The molecule has 0 unspecified atom stereocenters. The third-order valence-corrected chi connectivity index (χ3v) is 6.50. The fourth-order valence-electron chi connectivity index (χ4n) is 3.78. The minimum Gasteiger partial charge on any atom is -0.467 e. The van der Waals surface area contributed by atoms with Gasteiger partial charge in [-0.25, -0.2) is 14.2 Å². The van der Waals surface area contributed by atoms with Gasteiger partial charge < -0.3 is 9.84 Å². The highest BCUT2D eigenvalue weighted by Gasteiger charge is 2.44. The van der Waals surface area contributed by atoms with E-state index in [1.807, 2.05) is 24.3 Å². The molecular weight excluding hydrogens is 416 g/mol. The molecule has 1 aliphatic heterocycles. The van der Waals surface area contributed by atoms with Crippen molar-refractivity contribution >= 4 is 43.4 Å². The van der Waals surface area contributed by atoms with E-state index in [4.69, 9.17) is 4.74 Å². The van der Waals surface area contributed by atoms with Crippen LogP contribution in [0.2, 0.25) is 0 Å². The van der Waals surface area contributed by atoms with Crippen LogP contribution in [0.4, 0.5) is 0 Å². The molecule has 0 radical (unpaired) electrons. The molecule has 1 N–H and O–H groups in total. The molecule has 0 amide bonds. The molecule has 8 heteroatoms. The number of carbonyl (C=O) groups excluding carboxylic acids is 1. The monoisotopic (exact) mass is 432 g/mol. The number of aliphatic hydroxyl groups is 1. The lowest BCUT2D eigenvalue weighted by atomic mass is 9.99. The van der Waals surface area contributed by atoms with Gasteiger partial charge in [0, 0.05) is 0 Å². The molecule has 0 bridgehead atoms. The van der Waals surface area contributed by atoms with E-state index in [0.29, 0.717) is 0 Å². The molecule has 0 aliphatic carbocycles. The Morgan fingerprint density at radius 1 is 1.07 bits per heavy atom. The second-order valence-corrected chi connectivity index (χ2v) is 7.75. The average molecular weight is 433 g/mol. The van der Waals surface area contributed by atoms with Crippen LogP contribution in [0.1, 0.15) is 19.0 Å². The Morgan fingerprint density at radius 3 is 2.11 bits per heavy atom. The lowest BCUT2D eigenvalue weighted by Crippen LogP contribution is -2.56. The number of alkyl halides is 1. The van der Waals surface area contributed by atoms with Crippen LogP contribution in [0.5, 0.6) is 0 Å². The summed E-state index contributed by atoms with van der Waals surface area (Å²) in [6.45, 7) is 1.71. The number of benzene rings is 2. The summed E-state index contributed by atoms with van der Waals surface area (Å²) in [7, 11) is 1.18. The van der Waals surface area contributed by atoms with Gasteiger partial charge in [-0.1, -0.05) is 40.2 Å². The van der Waals surface area contributed by atoms with Crippen molar-refractivity contribution in [1.82, 2.24) is 9.36 Å². The summed E-state index contributed by atoms with van der Waals surface area (Å²) in [5.74, 6) is -0.783. The smallest absolute Gasteiger partial charge is 0.333 e. The summed E-state index contributed by atoms with van der Waals surface area (Å²) in [6, 6.07) is 8.90. The van der Waals surface area contributed by atoms with Gasteiger partial charge in [0.2, 0.25) is 0 Å². The molecule has 1 aromatic heterocycles. The molecule has 2 heterocycles. The number of ether oxygens (including phenoxy) is 1. The Balaban J connectivity index is 2.18. The Hall–Kier alpha value is -2.45. The third-order valence-electron chi connectivity index (χ3n) is 5.20. The first-order valence-electron chi connectivity index (χ1n) is 8.46. The van der Waals surface area contributed by atoms with Gasteiger partial charge in [-0.05, 0) is 29.8 Å². The molecule has 27 heavy (non-hydrogen) atoms. The number of halogens is 1. The first kappa shape index (κ1) is 17.9. The first-order chi connectivity index (χ1) is 12.9. The Kier molecular flexibility index (Phi) is 4.20. The summed E-state index contributed by atoms with van der Waals surface area (Å²) < 4.78 is 7.07. The van der Waals surface area contributed by atoms with E-state index in [2.05, 4.69) is 15.9 Å². The number of hydrogen-bond acceptors (Lipinski definition) is 5. The highest BCUT2D eigenvalue weighted by molar-refractivity contribution is 9.09. The van der Waals surface area contributed by atoms with Crippen LogP contribution in [0.3, 0.4) is 0 Å². The lowest BCUT2D eigenvalue weighted by Gasteiger charge is -2.38. The number of carbonyl (C=O) groups is 1. The minimum atomic E-state index is -1.31. The van der Waals surface area contributed by atoms with Crippen molar-refractivity contribution in [3.8, 4) is 0 Å². The van der Waals surface area contributed by atoms with Crippen LogP contribution in [-0.2, 0) is 9.53 Å². The van der Waals surface area contributed by atoms with Gasteiger partial charge in [0.15, 0.2) is 6.04 Å². The van der Waals surface area contributed by atoms with Gasteiger partial charge >= 0.3 is 5.97 Å².